The Balaban J connectivity index is 0.000000722. The van der Waals surface area contributed by atoms with Crippen molar-refractivity contribution in [3.8, 4) is 0 Å². The number of nitrogens with two attached hydrogens (primary N) is 1. The summed E-state index contributed by atoms with van der Waals surface area (Å²) < 4.78 is 0. The van der Waals surface area contributed by atoms with E-state index >= 15 is 0 Å². The zero-order valence-corrected chi connectivity index (χ0v) is 9.02. The van der Waals surface area contributed by atoms with E-state index in [0.717, 1.165) is 19.0 Å². The Kier molecular flexibility index (Phi) is 5.36. The summed E-state index contributed by atoms with van der Waals surface area (Å²) in [5, 5.41) is 0. The first-order chi connectivity index (χ1) is 7.32. The van der Waals surface area contributed by atoms with Crippen molar-refractivity contribution in [3.63, 3.8) is 0 Å². The number of hydrogen-bond donors (Lipinski definition) is 1. The van der Waals surface area contributed by atoms with Crippen molar-refractivity contribution in [2.45, 2.75) is 13.0 Å². The summed E-state index contributed by atoms with van der Waals surface area (Å²) in [5.41, 5.74) is 7.77. The fourth-order valence-corrected chi connectivity index (χ4v) is 2.98. The van der Waals surface area contributed by atoms with Crippen LogP contribution < -0.4 is 5.73 Å². The van der Waals surface area contributed by atoms with Crippen molar-refractivity contribution in [1.29, 1.82) is 0 Å². The van der Waals surface area contributed by atoms with Gasteiger partial charge < -0.3 is 5.73 Å². The standard InChI is InChI=1S/C13H18N2.Al.Li.4H/c14-9-13-6-12(13)8-15(10-13)7-11-4-2-1-3-5-11;;;;;;/h1-5,12H,6-10,14H2;;;;;;. The van der Waals surface area contributed by atoms with Crippen LogP contribution in [-0.4, -0.2) is 60.8 Å². The Morgan fingerprint density at radius 2 is 2.00 bits per heavy atom. The molecule has 1 saturated carbocycles. The van der Waals surface area contributed by atoms with Gasteiger partial charge in [-0.1, -0.05) is 30.3 Å². The second-order valence-corrected chi connectivity index (χ2v) is 5.12. The predicted octanol–water partition coefficient (Wildman–Crippen LogP) is -0.365. The van der Waals surface area contributed by atoms with Gasteiger partial charge in [-0.3, -0.25) is 4.90 Å². The molecule has 1 aliphatic heterocycles. The van der Waals surface area contributed by atoms with Gasteiger partial charge in [0.2, 0.25) is 0 Å². The molecule has 2 aliphatic rings. The summed E-state index contributed by atoms with van der Waals surface area (Å²) in [6.07, 6.45) is 1.37. The molecule has 2 nitrogen and oxygen atoms in total. The van der Waals surface area contributed by atoms with Gasteiger partial charge in [-0.2, -0.15) is 0 Å². The molecule has 1 aliphatic carbocycles. The zero-order chi connectivity index (χ0) is 10.3. The van der Waals surface area contributed by atoms with Crippen molar-refractivity contribution < 1.29 is 0 Å². The van der Waals surface area contributed by atoms with Crippen molar-refractivity contribution in [1.82, 2.24) is 4.90 Å². The Morgan fingerprint density at radius 3 is 2.59 bits per heavy atom. The quantitative estimate of drug-likeness (QED) is 0.731. The van der Waals surface area contributed by atoms with Gasteiger partial charge in [0.05, 0.1) is 0 Å². The molecule has 1 aromatic carbocycles. The normalized spacial score (nSPS) is 30.1. The SMILES string of the molecule is NCC12CC1CN(Cc1ccccc1)C2.[AlH3].[LiH]. The Hall–Kier alpha value is 0.270. The van der Waals surface area contributed by atoms with Crippen molar-refractivity contribution >= 4 is 36.2 Å². The zero-order valence-electron chi connectivity index (χ0n) is 9.02. The van der Waals surface area contributed by atoms with Crippen LogP contribution in [0.2, 0.25) is 0 Å². The van der Waals surface area contributed by atoms with Gasteiger partial charge in [0, 0.05) is 19.6 Å². The fourth-order valence-electron chi connectivity index (χ4n) is 2.98. The van der Waals surface area contributed by atoms with Crippen LogP contribution in [0.5, 0.6) is 0 Å². The van der Waals surface area contributed by atoms with E-state index < -0.39 is 0 Å². The number of benzene rings is 1. The molecule has 0 bridgehead atoms. The van der Waals surface area contributed by atoms with Crippen LogP contribution in [0.15, 0.2) is 30.3 Å². The molecule has 0 amide bonds. The summed E-state index contributed by atoms with van der Waals surface area (Å²) in [5.74, 6) is 0.895. The number of hydrogen-bond acceptors (Lipinski definition) is 2. The van der Waals surface area contributed by atoms with Crippen LogP contribution in [0, 0.1) is 11.3 Å². The van der Waals surface area contributed by atoms with E-state index in [1.807, 2.05) is 0 Å². The topological polar surface area (TPSA) is 29.3 Å². The van der Waals surface area contributed by atoms with Crippen LogP contribution in [0.3, 0.4) is 0 Å². The number of fused-ring (bicyclic) bond motifs is 1. The molecule has 2 atom stereocenters. The van der Waals surface area contributed by atoms with Gasteiger partial charge >= 0.3 is 18.9 Å². The van der Waals surface area contributed by atoms with E-state index in [4.69, 9.17) is 5.73 Å². The molecule has 0 aromatic heterocycles. The van der Waals surface area contributed by atoms with Crippen molar-refractivity contribution in [3.05, 3.63) is 35.9 Å². The number of rotatable bonds is 3. The van der Waals surface area contributed by atoms with Gasteiger partial charge in [-0.05, 0) is 29.9 Å². The van der Waals surface area contributed by atoms with E-state index in [0.29, 0.717) is 5.41 Å². The first-order valence-corrected chi connectivity index (χ1v) is 5.79. The van der Waals surface area contributed by atoms with Crippen LogP contribution in [-0.2, 0) is 6.54 Å². The van der Waals surface area contributed by atoms with E-state index in [1.165, 1.54) is 25.1 Å². The van der Waals surface area contributed by atoms with Gasteiger partial charge in [-0.25, -0.2) is 0 Å². The molecular formula is C13H22AlLiN2. The summed E-state index contributed by atoms with van der Waals surface area (Å²) in [7, 11) is 0. The molecule has 1 saturated heterocycles. The minimum atomic E-state index is 0. The molecule has 2 unspecified atom stereocenters. The number of nitrogens with zero attached hydrogens (tertiary/aromatic N) is 1. The average Bonchev–Trinajstić information content (AvgIpc) is 2.84. The minimum absolute atomic E-state index is 0. The van der Waals surface area contributed by atoms with E-state index in [9.17, 15) is 0 Å². The monoisotopic (exact) mass is 240 g/mol. The molecule has 0 spiro atoms. The Morgan fingerprint density at radius 1 is 1.29 bits per heavy atom. The molecule has 1 aromatic rings. The molecule has 4 heteroatoms. The fraction of sp³-hybridized carbons (Fsp3) is 0.538. The van der Waals surface area contributed by atoms with Crippen LogP contribution in [0.4, 0.5) is 0 Å². The van der Waals surface area contributed by atoms with Gasteiger partial charge in [0.25, 0.3) is 0 Å². The first-order valence-electron chi connectivity index (χ1n) is 5.79. The van der Waals surface area contributed by atoms with Gasteiger partial charge in [-0.15, -0.1) is 0 Å². The van der Waals surface area contributed by atoms with E-state index in [1.54, 1.807) is 0 Å². The first kappa shape index (κ1) is 15.3. The third-order valence-corrected chi connectivity index (χ3v) is 4.03. The van der Waals surface area contributed by atoms with E-state index in [2.05, 4.69) is 35.2 Å². The van der Waals surface area contributed by atoms with Crippen molar-refractivity contribution in [2.75, 3.05) is 19.6 Å². The van der Waals surface area contributed by atoms with Gasteiger partial charge in [0.15, 0.2) is 17.4 Å². The Bertz CT molecular complexity index is 356. The molecule has 3 rings (SSSR count). The Labute approximate surface area is 126 Å². The van der Waals surface area contributed by atoms with Crippen molar-refractivity contribution in [2.24, 2.45) is 17.1 Å². The second kappa shape index (κ2) is 5.94. The molecule has 0 radical (unpaired) electrons. The molecule has 17 heavy (non-hydrogen) atoms. The molecule has 2 fully saturated rings. The number of piperidine rings is 1. The van der Waals surface area contributed by atoms with Crippen LogP contribution in [0.25, 0.3) is 0 Å². The third-order valence-electron chi connectivity index (χ3n) is 4.03. The predicted molar refractivity (Wildman–Crippen MR) is 78.4 cm³/mol. The number of likely N-dealkylation sites (tertiary alicyclic amines) is 1. The maximum atomic E-state index is 5.84. The van der Waals surface area contributed by atoms with Crippen LogP contribution in [0.1, 0.15) is 12.0 Å². The molecular weight excluding hydrogens is 218 g/mol. The summed E-state index contributed by atoms with van der Waals surface area (Å²) >= 11 is 0. The summed E-state index contributed by atoms with van der Waals surface area (Å²) in [6.45, 7) is 4.44. The van der Waals surface area contributed by atoms with Crippen LogP contribution >= 0.6 is 0 Å². The molecule has 2 N–H and O–H groups in total. The second-order valence-electron chi connectivity index (χ2n) is 5.12. The maximum absolute atomic E-state index is 5.84. The average molecular weight is 240 g/mol. The summed E-state index contributed by atoms with van der Waals surface area (Å²) in [4.78, 5) is 2.55. The van der Waals surface area contributed by atoms with Gasteiger partial charge in [0.1, 0.15) is 0 Å². The molecule has 1 heterocycles. The third kappa shape index (κ3) is 2.99. The summed E-state index contributed by atoms with van der Waals surface area (Å²) in [6, 6.07) is 10.7. The molecule has 88 valence electrons. The van der Waals surface area contributed by atoms with E-state index in [-0.39, 0.29) is 36.2 Å².